The van der Waals surface area contributed by atoms with Crippen LogP contribution >= 0.6 is 11.6 Å². The molecular weight excluding hydrogens is 342 g/mol. The number of pyridine rings is 1. The Morgan fingerprint density at radius 2 is 2.04 bits per heavy atom. The van der Waals surface area contributed by atoms with E-state index in [4.69, 9.17) is 27.8 Å². The quantitative estimate of drug-likeness (QED) is 0.727. The van der Waals surface area contributed by atoms with E-state index in [9.17, 15) is 4.79 Å². The Hall–Kier alpha value is -3.06. The number of ether oxygens (including phenoxy) is 1. The minimum absolute atomic E-state index is 0.154. The third kappa shape index (κ3) is 3.27. The molecule has 3 aromatic rings. The largest absolute Gasteiger partial charge is 0.494 e. The molecule has 8 heteroatoms. The number of nitrogens with two attached hydrogens (primary N) is 2. The number of para-hydroxylation sites is 2. The highest BCUT2D eigenvalue weighted by Crippen LogP contribution is 2.28. The van der Waals surface area contributed by atoms with Crippen molar-refractivity contribution in [2.45, 2.75) is 6.42 Å². The molecule has 1 amide bonds. The van der Waals surface area contributed by atoms with Gasteiger partial charge in [0.1, 0.15) is 22.8 Å². The third-order valence-corrected chi connectivity index (χ3v) is 3.91. The molecule has 0 atom stereocenters. The summed E-state index contributed by atoms with van der Waals surface area (Å²) < 4.78 is 6.78. The Labute approximate surface area is 149 Å². The van der Waals surface area contributed by atoms with E-state index in [1.54, 1.807) is 31.4 Å². The number of hydrogen-bond donors (Lipinski definition) is 2. The van der Waals surface area contributed by atoms with Crippen LogP contribution in [-0.2, 0) is 6.42 Å². The summed E-state index contributed by atoms with van der Waals surface area (Å²) in [7, 11) is 1.55. The van der Waals surface area contributed by atoms with Crippen LogP contribution < -0.4 is 16.2 Å². The zero-order chi connectivity index (χ0) is 18.0. The van der Waals surface area contributed by atoms with Gasteiger partial charge in [0, 0.05) is 18.3 Å². The highest BCUT2D eigenvalue weighted by Gasteiger charge is 2.22. The maximum Gasteiger partial charge on any atom is 0.254 e. The van der Waals surface area contributed by atoms with E-state index < -0.39 is 5.91 Å². The minimum atomic E-state index is -0.650. The van der Waals surface area contributed by atoms with Crippen LogP contribution in [0, 0.1) is 0 Å². The number of nitrogens with zero attached hydrogens (tertiary/aromatic N) is 3. The lowest BCUT2D eigenvalue weighted by molar-refractivity contribution is 0.100. The smallest absolute Gasteiger partial charge is 0.254 e. The van der Waals surface area contributed by atoms with Crippen molar-refractivity contribution in [3.05, 3.63) is 64.6 Å². The molecule has 0 bridgehead atoms. The van der Waals surface area contributed by atoms with Gasteiger partial charge in [-0.2, -0.15) is 5.10 Å². The summed E-state index contributed by atoms with van der Waals surface area (Å²) in [5, 5.41) is 4.99. The molecule has 2 aromatic heterocycles. The van der Waals surface area contributed by atoms with Crippen molar-refractivity contribution in [3.8, 4) is 11.4 Å². The molecule has 25 heavy (non-hydrogen) atoms. The Morgan fingerprint density at radius 3 is 2.68 bits per heavy atom. The van der Waals surface area contributed by atoms with Crippen LogP contribution in [0.25, 0.3) is 5.69 Å². The van der Waals surface area contributed by atoms with Crippen LogP contribution in [0.15, 0.2) is 42.6 Å². The first-order valence-corrected chi connectivity index (χ1v) is 7.80. The SMILES string of the molecule is COc1ccccc1-n1nc(Cc2ccc(Cl)cn2)c(C(N)=O)c1N. The van der Waals surface area contributed by atoms with Crippen LogP contribution in [-0.4, -0.2) is 27.8 Å². The van der Waals surface area contributed by atoms with Crippen LogP contribution in [0.3, 0.4) is 0 Å². The lowest BCUT2D eigenvalue weighted by atomic mass is 10.1. The van der Waals surface area contributed by atoms with Gasteiger partial charge >= 0.3 is 0 Å². The fourth-order valence-corrected chi connectivity index (χ4v) is 2.65. The first-order chi connectivity index (χ1) is 12.0. The molecule has 0 radical (unpaired) electrons. The van der Waals surface area contributed by atoms with Crippen molar-refractivity contribution in [2.24, 2.45) is 5.73 Å². The van der Waals surface area contributed by atoms with Gasteiger partial charge in [-0.15, -0.1) is 0 Å². The monoisotopic (exact) mass is 357 g/mol. The number of nitrogen functional groups attached to an aromatic ring is 1. The highest BCUT2D eigenvalue weighted by molar-refractivity contribution is 6.30. The zero-order valence-corrected chi connectivity index (χ0v) is 14.2. The molecule has 128 valence electrons. The number of rotatable bonds is 5. The van der Waals surface area contributed by atoms with E-state index in [1.165, 1.54) is 10.9 Å². The Kier molecular flexibility index (Phi) is 4.58. The Balaban J connectivity index is 2.10. The maximum atomic E-state index is 11.9. The number of methoxy groups -OCH3 is 1. The standard InChI is InChI=1S/C17H16ClN5O2/c1-25-14-5-3-2-4-13(14)23-16(19)15(17(20)24)12(22-23)8-11-7-6-10(18)9-21-11/h2-7,9H,8,19H2,1H3,(H2,20,24). The van der Waals surface area contributed by atoms with Crippen molar-refractivity contribution >= 4 is 23.3 Å². The topological polar surface area (TPSA) is 109 Å². The van der Waals surface area contributed by atoms with Gasteiger partial charge in [0.25, 0.3) is 5.91 Å². The van der Waals surface area contributed by atoms with E-state index in [2.05, 4.69) is 10.1 Å². The van der Waals surface area contributed by atoms with Gasteiger partial charge in [-0.1, -0.05) is 23.7 Å². The van der Waals surface area contributed by atoms with E-state index in [-0.39, 0.29) is 11.4 Å². The van der Waals surface area contributed by atoms with Gasteiger partial charge in [-0.05, 0) is 24.3 Å². The summed E-state index contributed by atoms with van der Waals surface area (Å²) in [6, 6.07) is 10.7. The number of amides is 1. The van der Waals surface area contributed by atoms with Gasteiger partial charge in [0.2, 0.25) is 0 Å². The van der Waals surface area contributed by atoms with Crippen LogP contribution in [0.5, 0.6) is 5.75 Å². The summed E-state index contributed by atoms with van der Waals surface area (Å²) in [4.78, 5) is 16.1. The summed E-state index contributed by atoms with van der Waals surface area (Å²) in [5.74, 6) is 0.0764. The van der Waals surface area contributed by atoms with E-state index in [1.807, 2.05) is 12.1 Å². The van der Waals surface area contributed by atoms with Gasteiger partial charge in [-0.25, -0.2) is 4.68 Å². The molecule has 0 unspecified atom stereocenters. The van der Waals surface area contributed by atoms with E-state index >= 15 is 0 Å². The van der Waals surface area contributed by atoms with Gasteiger partial charge in [0.15, 0.2) is 0 Å². The normalized spacial score (nSPS) is 10.6. The highest BCUT2D eigenvalue weighted by atomic mass is 35.5. The fraction of sp³-hybridized carbons (Fsp3) is 0.118. The molecule has 0 saturated carbocycles. The number of anilines is 1. The van der Waals surface area contributed by atoms with Crippen LogP contribution in [0.2, 0.25) is 5.02 Å². The summed E-state index contributed by atoms with van der Waals surface area (Å²) in [6.07, 6.45) is 1.82. The second-order valence-corrected chi connectivity index (χ2v) is 5.74. The fourth-order valence-electron chi connectivity index (χ4n) is 2.54. The number of halogens is 1. The number of carbonyl (C=O) groups is 1. The summed E-state index contributed by atoms with van der Waals surface area (Å²) >= 11 is 5.85. The number of aromatic nitrogens is 3. The molecular formula is C17H16ClN5O2. The van der Waals surface area contributed by atoms with Crippen molar-refractivity contribution < 1.29 is 9.53 Å². The number of hydrogen-bond acceptors (Lipinski definition) is 5. The molecule has 3 rings (SSSR count). The molecule has 4 N–H and O–H groups in total. The molecule has 7 nitrogen and oxygen atoms in total. The van der Waals surface area contributed by atoms with Gasteiger partial charge in [-0.3, -0.25) is 9.78 Å². The average Bonchev–Trinajstić information content (AvgIpc) is 2.93. The van der Waals surface area contributed by atoms with Crippen LogP contribution in [0.4, 0.5) is 5.82 Å². The van der Waals surface area contributed by atoms with Crippen molar-refractivity contribution in [3.63, 3.8) is 0 Å². The molecule has 0 aliphatic carbocycles. The number of primary amides is 1. The van der Waals surface area contributed by atoms with E-state index in [0.717, 1.165) is 0 Å². The molecule has 0 saturated heterocycles. The lowest BCUT2D eigenvalue weighted by Gasteiger charge is -2.09. The molecule has 0 aliphatic rings. The minimum Gasteiger partial charge on any atom is -0.494 e. The third-order valence-electron chi connectivity index (χ3n) is 3.69. The zero-order valence-electron chi connectivity index (χ0n) is 13.4. The number of carbonyl (C=O) groups excluding carboxylic acids is 1. The maximum absolute atomic E-state index is 11.9. The second-order valence-electron chi connectivity index (χ2n) is 5.30. The number of benzene rings is 1. The first-order valence-electron chi connectivity index (χ1n) is 7.42. The van der Waals surface area contributed by atoms with Crippen molar-refractivity contribution in [1.82, 2.24) is 14.8 Å². The molecule has 0 fully saturated rings. The van der Waals surface area contributed by atoms with Crippen molar-refractivity contribution in [1.29, 1.82) is 0 Å². The molecule has 2 heterocycles. The lowest BCUT2D eigenvalue weighted by Crippen LogP contribution is -2.15. The Morgan fingerprint density at radius 1 is 1.28 bits per heavy atom. The first kappa shape index (κ1) is 16.8. The average molecular weight is 358 g/mol. The second kappa shape index (κ2) is 6.82. The van der Waals surface area contributed by atoms with Gasteiger partial charge < -0.3 is 16.2 Å². The summed E-state index contributed by atoms with van der Waals surface area (Å²) in [6.45, 7) is 0. The molecule has 0 spiro atoms. The van der Waals surface area contributed by atoms with Crippen molar-refractivity contribution in [2.75, 3.05) is 12.8 Å². The summed E-state index contributed by atoms with van der Waals surface area (Å²) in [5.41, 5.74) is 13.6. The van der Waals surface area contributed by atoms with E-state index in [0.29, 0.717) is 34.3 Å². The van der Waals surface area contributed by atoms with Gasteiger partial charge in [0.05, 0.1) is 17.8 Å². The predicted molar refractivity (Wildman–Crippen MR) is 95.1 cm³/mol. The Bertz CT molecular complexity index is 921. The van der Waals surface area contributed by atoms with Crippen LogP contribution in [0.1, 0.15) is 21.7 Å². The predicted octanol–water partition coefficient (Wildman–Crippen LogP) is 2.20. The molecule has 0 aliphatic heterocycles. The molecule has 1 aromatic carbocycles.